The van der Waals surface area contributed by atoms with Gasteiger partial charge in [-0.15, -0.1) is 0 Å². The molecule has 2 aromatic rings. The van der Waals surface area contributed by atoms with E-state index in [1.807, 2.05) is 37.3 Å². The Hall–Kier alpha value is -1.92. The van der Waals surface area contributed by atoms with Gasteiger partial charge in [-0.25, -0.2) is 4.21 Å². The number of hydrogen-bond acceptors (Lipinski definition) is 2. The molecule has 2 aromatic carbocycles. The van der Waals surface area contributed by atoms with Crippen LogP contribution in [0.2, 0.25) is 0 Å². The van der Waals surface area contributed by atoms with Crippen LogP contribution in [0, 0.1) is 18.3 Å². The van der Waals surface area contributed by atoms with Crippen LogP contribution in [0.25, 0.3) is 0 Å². The number of nitriles is 1. The SMILES string of the molecule is Cc1ccc(S(=O)c2cccc(C#N)c2)cc1. The molecule has 0 fully saturated rings. The normalized spacial score (nSPS) is 11.8. The quantitative estimate of drug-likeness (QED) is 0.810. The highest BCUT2D eigenvalue weighted by Gasteiger charge is 2.07. The van der Waals surface area contributed by atoms with Crippen LogP contribution in [0.15, 0.2) is 58.3 Å². The van der Waals surface area contributed by atoms with Crippen molar-refractivity contribution in [2.75, 3.05) is 0 Å². The largest absolute Gasteiger partial charge is 0.249 e. The zero-order valence-electron chi connectivity index (χ0n) is 9.38. The maximum Gasteiger partial charge on any atom is 0.0992 e. The van der Waals surface area contributed by atoms with Gasteiger partial charge >= 0.3 is 0 Å². The number of aryl methyl sites for hydroxylation is 1. The highest BCUT2D eigenvalue weighted by Crippen LogP contribution is 2.17. The molecule has 0 saturated carbocycles. The van der Waals surface area contributed by atoms with Crippen LogP contribution in [0.3, 0.4) is 0 Å². The van der Waals surface area contributed by atoms with Crippen molar-refractivity contribution in [1.29, 1.82) is 5.26 Å². The molecule has 3 heteroatoms. The molecule has 84 valence electrons. The average Bonchev–Trinajstić information content (AvgIpc) is 2.39. The van der Waals surface area contributed by atoms with Crippen molar-refractivity contribution in [3.63, 3.8) is 0 Å². The predicted molar refractivity (Wildman–Crippen MR) is 67.0 cm³/mol. The second-order valence-electron chi connectivity index (χ2n) is 3.72. The Morgan fingerprint density at radius 3 is 2.41 bits per heavy atom. The molecule has 0 saturated heterocycles. The Morgan fingerprint density at radius 1 is 1.06 bits per heavy atom. The summed E-state index contributed by atoms with van der Waals surface area (Å²) in [6.07, 6.45) is 0. The van der Waals surface area contributed by atoms with E-state index in [9.17, 15) is 4.21 Å². The lowest BCUT2D eigenvalue weighted by molar-refractivity contribution is 0.683. The number of hydrogen-bond donors (Lipinski definition) is 0. The van der Waals surface area contributed by atoms with Crippen LogP contribution in [0.1, 0.15) is 11.1 Å². The standard InChI is InChI=1S/C14H11NOS/c1-11-5-7-13(8-6-11)17(16)14-4-2-3-12(9-14)10-15/h2-9H,1H3. The highest BCUT2D eigenvalue weighted by molar-refractivity contribution is 7.85. The van der Waals surface area contributed by atoms with Crippen LogP contribution in [0.4, 0.5) is 0 Å². The third-order valence-electron chi connectivity index (χ3n) is 2.41. The fraction of sp³-hybridized carbons (Fsp3) is 0.0714. The van der Waals surface area contributed by atoms with Gasteiger partial charge in [0.2, 0.25) is 0 Å². The fourth-order valence-corrected chi connectivity index (χ4v) is 2.57. The predicted octanol–water partition coefficient (Wildman–Crippen LogP) is 3.03. The molecule has 2 rings (SSSR count). The Morgan fingerprint density at radius 2 is 1.76 bits per heavy atom. The molecule has 0 aromatic heterocycles. The first kappa shape index (κ1) is 11.6. The Labute approximate surface area is 103 Å². The van der Waals surface area contributed by atoms with E-state index in [1.54, 1.807) is 24.3 Å². The van der Waals surface area contributed by atoms with Gasteiger partial charge < -0.3 is 0 Å². The summed E-state index contributed by atoms with van der Waals surface area (Å²) in [4.78, 5) is 1.42. The van der Waals surface area contributed by atoms with Gasteiger partial charge in [-0.05, 0) is 37.3 Å². The van der Waals surface area contributed by atoms with Gasteiger partial charge in [0.15, 0.2) is 0 Å². The van der Waals surface area contributed by atoms with Crippen molar-refractivity contribution < 1.29 is 4.21 Å². The van der Waals surface area contributed by atoms with Gasteiger partial charge in [-0.3, -0.25) is 0 Å². The molecule has 0 radical (unpaired) electrons. The van der Waals surface area contributed by atoms with Crippen LogP contribution in [-0.2, 0) is 10.8 Å². The first-order chi connectivity index (χ1) is 8.20. The van der Waals surface area contributed by atoms with Gasteiger partial charge in [0, 0.05) is 9.79 Å². The molecule has 0 heterocycles. The summed E-state index contributed by atoms with van der Waals surface area (Å²) in [5, 5.41) is 8.80. The minimum atomic E-state index is -1.22. The zero-order chi connectivity index (χ0) is 12.3. The van der Waals surface area contributed by atoms with Crippen molar-refractivity contribution >= 4 is 10.8 Å². The first-order valence-electron chi connectivity index (χ1n) is 5.19. The second-order valence-corrected chi connectivity index (χ2v) is 5.20. The van der Waals surface area contributed by atoms with Crippen molar-refractivity contribution in [2.24, 2.45) is 0 Å². The number of nitrogens with zero attached hydrogens (tertiary/aromatic N) is 1. The van der Waals surface area contributed by atoms with E-state index in [0.717, 1.165) is 10.5 Å². The minimum absolute atomic E-state index is 0.531. The molecular weight excluding hydrogens is 230 g/mol. The molecule has 0 bridgehead atoms. The molecule has 0 aliphatic carbocycles. The average molecular weight is 241 g/mol. The van der Waals surface area contributed by atoms with Crippen LogP contribution in [0.5, 0.6) is 0 Å². The molecule has 0 aliphatic rings. The third kappa shape index (κ3) is 2.61. The lowest BCUT2D eigenvalue weighted by Gasteiger charge is -2.03. The second kappa shape index (κ2) is 4.94. The van der Waals surface area contributed by atoms with Crippen LogP contribution >= 0.6 is 0 Å². The first-order valence-corrected chi connectivity index (χ1v) is 6.34. The monoisotopic (exact) mass is 241 g/mol. The summed E-state index contributed by atoms with van der Waals surface area (Å²) in [6, 6.07) is 16.5. The Balaban J connectivity index is 2.37. The summed E-state index contributed by atoms with van der Waals surface area (Å²) in [5.41, 5.74) is 1.67. The molecule has 0 N–H and O–H groups in total. The molecule has 1 unspecified atom stereocenters. The van der Waals surface area contributed by atoms with E-state index in [0.29, 0.717) is 10.5 Å². The molecule has 2 nitrogen and oxygen atoms in total. The van der Waals surface area contributed by atoms with Crippen LogP contribution < -0.4 is 0 Å². The molecule has 0 spiro atoms. The van der Waals surface area contributed by atoms with Gasteiger partial charge in [-0.1, -0.05) is 23.8 Å². The van der Waals surface area contributed by atoms with E-state index >= 15 is 0 Å². The Kier molecular flexibility index (Phi) is 3.36. The minimum Gasteiger partial charge on any atom is -0.249 e. The maximum absolute atomic E-state index is 12.2. The van der Waals surface area contributed by atoms with E-state index in [1.165, 1.54) is 0 Å². The number of rotatable bonds is 2. The topological polar surface area (TPSA) is 40.9 Å². The van der Waals surface area contributed by atoms with Crippen molar-refractivity contribution in [3.8, 4) is 6.07 Å². The molecule has 17 heavy (non-hydrogen) atoms. The highest BCUT2D eigenvalue weighted by atomic mass is 32.2. The summed E-state index contributed by atoms with van der Waals surface area (Å²) < 4.78 is 12.2. The fourth-order valence-electron chi connectivity index (χ4n) is 1.48. The van der Waals surface area contributed by atoms with Crippen LogP contribution in [-0.4, -0.2) is 4.21 Å². The van der Waals surface area contributed by atoms with Gasteiger partial charge in [-0.2, -0.15) is 5.26 Å². The van der Waals surface area contributed by atoms with E-state index in [2.05, 4.69) is 0 Å². The smallest absolute Gasteiger partial charge is 0.0992 e. The van der Waals surface area contributed by atoms with E-state index < -0.39 is 10.8 Å². The molecular formula is C14H11NOS. The van der Waals surface area contributed by atoms with Gasteiger partial charge in [0.05, 0.1) is 22.4 Å². The van der Waals surface area contributed by atoms with E-state index in [4.69, 9.17) is 5.26 Å². The molecule has 0 amide bonds. The zero-order valence-corrected chi connectivity index (χ0v) is 10.2. The summed E-state index contributed by atoms with van der Waals surface area (Å²) >= 11 is 0. The lowest BCUT2D eigenvalue weighted by atomic mass is 10.2. The lowest BCUT2D eigenvalue weighted by Crippen LogP contribution is -1.93. The molecule has 1 atom stereocenters. The summed E-state index contributed by atoms with van der Waals surface area (Å²) in [5.74, 6) is 0. The number of benzene rings is 2. The Bertz CT molecular complexity index is 596. The van der Waals surface area contributed by atoms with Crippen molar-refractivity contribution in [2.45, 2.75) is 16.7 Å². The summed E-state index contributed by atoms with van der Waals surface area (Å²) in [6.45, 7) is 1.99. The molecule has 0 aliphatic heterocycles. The van der Waals surface area contributed by atoms with Crippen molar-refractivity contribution in [1.82, 2.24) is 0 Å². The van der Waals surface area contributed by atoms with E-state index in [-0.39, 0.29) is 0 Å². The van der Waals surface area contributed by atoms with Gasteiger partial charge in [0.1, 0.15) is 0 Å². The third-order valence-corrected chi connectivity index (χ3v) is 3.79. The van der Waals surface area contributed by atoms with Crippen molar-refractivity contribution in [3.05, 3.63) is 59.7 Å². The maximum atomic E-state index is 12.2. The van der Waals surface area contributed by atoms with Gasteiger partial charge in [0.25, 0.3) is 0 Å². The summed E-state index contributed by atoms with van der Waals surface area (Å²) in [7, 11) is -1.22.